The van der Waals surface area contributed by atoms with Crippen LogP contribution >= 0.6 is 0 Å². The highest BCUT2D eigenvalue weighted by Gasteiger charge is 2.10. The first kappa shape index (κ1) is 28.2. The fourth-order valence-corrected chi connectivity index (χ4v) is 4.29. The van der Waals surface area contributed by atoms with Gasteiger partial charge in [-0.25, -0.2) is 0 Å². The molecule has 0 aromatic heterocycles. The van der Waals surface area contributed by atoms with Crippen molar-refractivity contribution in [2.75, 3.05) is 78.9 Å². The molecule has 0 amide bonds. The van der Waals surface area contributed by atoms with E-state index in [0.29, 0.717) is 13.2 Å². The zero-order chi connectivity index (χ0) is 26.1. The Labute approximate surface area is 227 Å². The van der Waals surface area contributed by atoms with Crippen molar-refractivity contribution in [2.24, 2.45) is 10.2 Å². The van der Waals surface area contributed by atoms with Crippen molar-refractivity contribution in [1.82, 2.24) is 9.80 Å². The largest absolute Gasteiger partial charge is 0.493 e. The molecule has 0 spiro atoms. The fraction of sp³-hybridized carbons (Fsp3) is 0.533. The molecule has 2 heterocycles. The highest BCUT2D eigenvalue weighted by molar-refractivity contribution is 5.85. The summed E-state index contributed by atoms with van der Waals surface area (Å²) in [7, 11) is 0. The van der Waals surface area contributed by atoms with Crippen LogP contribution < -0.4 is 9.47 Å². The van der Waals surface area contributed by atoms with Gasteiger partial charge in [-0.3, -0.25) is 9.80 Å². The van der Waals surface area contributed by atoms with Crippen LogP contribution in [0.5, 0.6) is 11.5 Å². The third-order valence-electron chi connectivity index (χ3n) is 6.48. The lowest BCUT2D eigenvalue weighted by atomic mass is 10.2. The van der Waals surface area contributed by atoms with Gasteiger partial charge >= 0.3 is 0 Å². The van der Waals surface area contributed by atoms with E-state index < -0.39 is 0 Å². The van der Waals surface area contributed by atoms with Gasteiger partial charge in [0, 0.05) is 49.4 Å². The average molecular weight is 519 g/mol. The molecule has 38 heavy (non-hydrogen) atoms. The van der Waals surface area contributed by atoms with Gasteiger partial charge in [0.25, 0.3) is 0 Å². The van der Waals surface area contributed by atoms with Crippen molar-refractivity contribution in [1.29, 1.82) is 0 Å². The van der Waals surface area contributed by atoms with Gasteiger partial charge in [-0.05, 0) is 63.0 Å². The Morgan fingerprint density at radius 3 is 1.58 bits per heavy atom. The van der Waals surface area contributed by atoms with Crippen molar-refractivity contribution in [3.05, 3.63) is 59.7 Å². The van der Waals surface area contributed by atoms with Crippen molar-refractivity contribution < 1.29 is 18.9 Å². The lowest BCUT2D eigenvalue weighted by molar-refractivity contribution is 0.0367. The van der Waals surface area contributed by atoms with Gasteiger partial charge < -0.3 is 18.9 Å². The third kappa shape index (κ3) is 10.2. The third-order valence-corrected chi connectivity index (χ3v) is 6.48. The molecule has 2 saturated heterocycles. The summed E-state index contributed by atoms with van der Waals surface area (Å²) < 4.78 is 22.8. The highest BCUT2D eigenvalue weighted by Crippen LogP contribution is 2.17. The molecule has 0 aliphatic carbocycles. The molecule has 0 N–H and O–H groups in total. The van der Waals surface area contributed by atoms with E-state index in [1.807, 2.05) is 12.1 Å². The molecule has 0 unspecified atom stereocenters. The number of morpholine rings is 2. The number of hydrogen-bond donors (Lipinski definition) is 0. The molecular formula is C30H38N4O4. The number of nitrogens with zero attached hydrogens (tertiary/aromatic N) is 4. The van der Waals surface area contributed by atoms with Gasteiger partial charge in [0.1, 0.15) is 11.5 Å². The summed E-state index contributed by atoms with van der Waals surface area (Å²) in [6, 6.07) is 19.4. The van der Waals surface area contributed by atoms with Gasteiger partial charge in [-0.1, -0.05) is 12.1 Å². The summed E-state index contributed by atoms with van der Waals surface area (Å²) in [4.78, 5) is 4.88. The van der Waals surface area contributed by atoms with Crippen molar-refractivity contribution in [3.8, 4) is 11.5 Å². The van der Waals surface area contributed by atoms with Gasteiger partial charge in [0.2, 0.25) is 0 Å². The van der Waals surface area contributed by atoms with Gasteiger partial charge in [0.05, 0.1) is 52.1 Å². The minimum Gasteiger partial charge on any atom is -0.493 e. The van der Waals surface area contributed by atoms with E-state index in [1.165, 1.54) is 0 Å². The Hall–Kier alpha value is -2.78. The molecule has 4 radical (unpaired) electrons. The first-order valence-corrected chi connectivity index (χ1v) is 13.7. The summed E-state index contributed by atoms with van der Waals surface area (Å²) in [5.74, 6) is 1.46. The Kier molecular flexibility index (Phi) is 12.6. The average Bonchev–Trinajstić information content (AvgIpc) is 2.97. The summed E-state index contributed by atoms with van der Waals surface area (Å²) in [6.45, 7) is 10.9. The van der Waals surface area contributed by atoms with Crippen LogP contribution in [0.3, 0.4) is 0 Å². The quantitative estimate of drug-likeness (QED) is 0.205. The second kappa shape index (κ2) is 16.9. The molecule has 8 heteroatoms. The van der Waals surface area contributed by atoms with E-state index in [9.17, 15) is 0 Å². The molecule has 2 aromatic rings. The Morgan fingerprint density at radius 1 is 0.684 bits per heavy atom. The zero-order valence-corrected chi connectivity index (χ0v) is 22.2. The molecule has 4 rings (SSSR count). The van der Waals surface area contributed by atoms with E-state index in [4.69, 9.17) is 18.9 Å². The van der Waals surface area contributed by atoms with Crippen molar-refractivity contribution in [3.63, 3.8) is 0 Å². The van der Waals surface area contributed by atoms with E-state index in [2.05, 4.69) is 44.3 Å². The van der Waals surface area contributed by atoms with E-state index >= 15 is 0 Å². The number of rotatable bonds is 15. The van der Waals surface area contributed by atoms with E-state index in [0.717, 1.165) is 114 Å². The second-order valence-electron chi connectivity index (χ2n) is 9.27. The minimum absolute atomic E-state index is 0.647. The molecule has 0 saturated carbocycles. The lowest BCUT2D eigenvalue weighted by Gasteiger charge is -2.26. The van der Waals surface area contributed by atoms with Crippen LogP contribution in [0.25, 0.3) is 0 Å². The normalized spacial score (nSPS) is 17.4. The predicted octanol–water partition coefficient (Wildman–Crippen LogP) is 3.32. The molecule has 202 valence electrons. The monoisotopic (exact) mass is 518 g/mol. The van der Waals surface area contributed by atoms with E-state index in [-0.39, 0.29) is 0 Å². The van der Waals surface area contributed by atoms with Crippen LogP contribution in [0.2, 0.25) is 0 Å². The number of hydrogen-bond acceptors (Lipinski definition) is 8. The van der Waals surface area contributed by atoms with Crippen LogP contribution in [-0.4, -0.2) is 101 Å². The van der Waals surface area contributed by atoms with Crippen LogP contribution in [-0.2, 0) is 9.47 Å². The molecule has 0 atom stereocenters. The standard InChI is InChI=1S/C30H38N4O4/c1-3-11-29(37-19-7-5-13-33-15-21-35-22-16-33)27(9-1)25-31-32-26-28-10-2-4-12-30(28)38-20-8-6-14-34-17-23-36-24-18-34/h3-4,11-12,25-26H,5-8,13-24H2/b31-25+,32-26+. The summed E-state index contributed by atoms with van der Waals surface area (Å²) in [5.41, 5.74) is 1.44. The maximum atomic E-state index is 5.99. The molecule has 2 aliphatic heterocycles. The molecule has 0 bridgehead atoms. The molecule has 2 aromatic carbocycles. The van der Waals surface area contributed by atoms with Gasteiger partial charge in [-0.15, -0.1) is 0 Å². The summed E-state index contributed by atoms with van der Waals surface area (Å²) in [6.07, 6.45) is 7.43. The van der Waals surface area contributed by atoms with Crippen LogP contribution in [0.4, 0.5) is 0 Å². The molecule has 2 fully saturated rings. The first-order chi connectivity index (χ1) is 18.9. The maximum Gasteiger partial charge on any atom is 0.128 e. The number of benzene rings is 2. The van der Waals surface area contributed by atoms with Crippen LogP contribution in [0.1, 0.15) is 36.8 Å². The summed E-state index contributed by atoms with van der Waals surface area (Å²) in [5, 5.41) is 8.39. The smallest absolute Gasteiger partial charge is 0.128 e. The number of unbranched alkanes of at least 4 members (excludes halogenated alkanes) is 2. The Balaban J connectivity index is 1.18. The minimum atomic E-state index is 0.647. The Bertz CT molecular complexity index is 908. The zero-order valence-electron chi connectivity index (χ0n) is 22.2. The van der Waals surface area contributed by atoms with Gasteiger partial charge in [-0.2, -0.15) is 10.2 Å². The topological polar surface area (TPSA) is 68.1 Å². The van der Waals surface area contributed by atoms with Crippen LogP contribution in [0.15, 0.2) is 34.5 Å². The molecule has 2 aliphatic rings. The summed E-state index contributed by atoms with van der Waals surface area (Å²) >= 11 is 0. The Morgan fingerprint density at radius 2 is 1.13 bits per heavy atom. The van der Waals surface area contributed by atoms with Crippen molar-refractivity contribution >= 4 is 12.4 Å². The lowest BCUT2D eigenvalue weighted by Crippen LogP contribution is -2.36. The number of ether oxygens (including phenoxy) is 4. The maximum absolute atomic E-state index is 5.99. The second-order valence-corrected chi connectivity index (χ2v) is 9.27. The van der Waals surface area contributed by atoms with Crippen molar-refractivity contribution in [2.45, 2.75) is 25.7 Å². The van der Waals surface area contributed by atoms with Gasteiger partial charge in [0.15, 0.2) is 0 Å². The predicted molar refractivity (Wildman–Crippen MR) is 147 cm³/mol. The van der Waals surface area contributed by atoms with E-state index in [1.54, 1.807) is 24.6 Å². The fourth-order valence-electron chi connectivity index (χ4n) is 4.29. The SMILES string of the molecule is [c]1[c]c(/C=N/N=C/c2[c][c]ccc2OCCCCN2CCOCC2)c(OCCCCN2CCOCC2)cc1. The first-order valence-electron chi connectivity index (χ1n) is 13.7. The molecular weight excluding hydrogens is 480 g/mol. The molecule has 8 nitrogen and oxygen atoms in total. The van der Waals surface area contributed by atoms with Crippen LogP contribution in [0, 0.1) is 24.3 Å². The highest BCUT2D eigenvalue weighted by atomic mass is 16.5.